The van der Waals surface area contributed by atoms with E-state index >= 15 is 0 Å². The zero-order valence-corrected chi connectivity index (χ0v) is 33.6. The molecule has 1 aliphatic heterocycles. The van der Waals surface area contributed by atoms with Crippen LogP contribution in [0.4, 0.5) is 0 Å². The number of ether oxygens (including phenoxy) is 2. The van der Waals surface area contributed by atoms with Crippen molar-refractivity contribution in [3.05, 3.63) is 48.6 Å². The van der Waals surface area contributed by atoms with Crippen molar-refractivity contribution in [1.29, 1.82) is 0 Å². The van der Waals surface area contributed by atoms with Gasteiger partial charge in [0.2, 0.25) is 5.91 Å². The van der Waals surface area contributed by atoms with Crippen molar-refractivity contribution in [2.45, 2.75) is 187 Å². The van der Waals surface area contributed by atoms with E-state index in [9.17, 15) is 4.79 Å². The minimum atomic E-state index is 0.000817. The fraction of sp³-hybridized carbons (Fsp3) is 0.800. The average molecular weight is 699 g/mol. The lowest BCUT2D eigenvalue weighted by Gasteiger charge is -2.19. The van der Waals surface area contributed by atoms with E-state index < -0.39 is 0 Å². The maximum absolute atomic E-state index is 12.9. The van der Waals surface area contributed by atoms with Gasteiger partial charge in [-0.3, -0.25) is 4.79 Å². The number of unbranched alkanes of at least 4 members (excludes halogenated alkanes) is 18. The SMILES string of the molecule is CCCCCC=CCC=CCCCCCCCCOC1CN(C(=O)CCN(C)C)CC1OCCCCCCCCC=CCC=CCCCCC. The summed E-state index contributed by atoms with van der Waals surface area (Å²) >= 11 is 0. The summed E-state index contributed by atoms with van der Waals surface area (Å²) in [6.45, 7) is 8.18. The second-order valence-electron chi connectivity index (χ2n) is 14.8. The number of carbonyl (C=O) groups excluding carboxylic acids is 1. The number of hydrogen-bond donors (Lipinski definition) is 0. The number of amides is 1. The zero-order valence-electron chi connectivity index (χ0n) is 33.6. The lowest BCUT2D eigenvalue weighted by atomic mass is 10.1. The summed E-state index contributed by atoms with van der Waals surface area (Å²) in [7, 11) is 4.05. The van der Waals surface area contributed by atoms with Crippen molar-refractivity contribution in [3.63, 3.8) is 0 Å². The van der Waals surface area contributed by atoms with Gasteiger partial charge in [-0.15, -0.1) is 0 Å². The molecule has 5 nitrogen and oxygen atoms in total. The normalized spacial score (nSPS) is 16.9. The minimum absolute atomic E-state index is 0.000817. The van der Waals surface area contributed by atoms with Gasteiger partial charge in [0.25, 0.3) is 0 Å². The quantitative estimate of drug-likeness (QED) is 0.0488. The Labute approximate surface area is 311 Å². The molecule has 1 saturated heterocycles. The van der Waals surface area contributed by atoms with Crippen molar-refractivity contribution in [3.8, 4) is 0 Å². The van der Waals surface area contributed by atoms with Gasteiger partial charge >= 0.3 is 0 Å². The smallest absolute Gasteiger partial charge is 0.224 e. The monoisotopic (exact) mass is 699 g/mol. The Kier molecular flexibility index (Phi) is 33.1. The standard InChI is InChI=1S/C45H82N2O3/c1-5-7-9-11-13-15-17-19-21-23-25-27-29-31-33-35-39-49-43-41-47(45(48)37-38-46(3)4)42-44(43)50-40-36-34-32-30-28-26-24-22-20-18-16-14-12-10-8-6-2/h13-16,19-22,43-44H,5-12,17-18,23-42H2,1-4H3. The second kappa shape index (κ2) is 35.7. The van der Waals surface area contributed by atoms with Crippen molar-refractivity contribution >= 4 is 5.91 Å². The van der Waals surface area contributed by atoms with Crippen LogP contribution in [0.15, 0.2) is 48.6 Å². The van der Waals surface area contributed by atoms with Crippen LogP contribution < -0.4 is 0 Å². The summed E-state index contributed by atoms with van der Waals surface area (Å²) < 4.78 is 12.7. The number of likely N-dealkylation sites (tertiary alicyclic amines) is 1. The summed E-state index contributed by atoms with van der Waals surface area (Å²) in [5, 5.41) is 0. The number of nitrogens with zero attached hydrogens (tertiary/aromatic N) is 2. The van der Waals surface area contributed by atoms with Gasteiger partial charge in [0.15, 0.2) is 0 Å². The van der Waals surface area contributed by atoms with Crippen LogP contribution in [0.2, 0.25) is 0 Å². The molecule has 0 radical (unpaired) electrons. The van der Waals surface area contributed by atoms with Crippen LogP contribution in [0, 0.1) is 0 Å². The Morgan fingerprint density at radius 1 is 0.540 bits per heavy atom. The maximum Gasteiger partial charge on any atom is 0.224 e. The van der Waals surface area contributed by atoms with Crippen LogP contribution in [0.3, 0.4) is 0 Å². The Balaban J connectivity index is 2.17. The molecule has 0 N–H and O–H groups in total. The third-order valence-corrected chi connectivity index (χ3v) is 9.69. The predicted octanol–water partition coefficient (Wildman–Crippen LogP) is 12.2. The van der Waals surface area contributed by atoms with Crippen LogP contribution in [-0.4, -0.2) is 74.9 Å². The Hall–Kier alpha value is -1.69. The Morgan fingerprint density at radius 3 is 1.28 bits per heavy atom. The van der Waals surface area contributed by atoms with E-state index in [1.165, 1.54) is 128 Å². The topological polar surface area (TPSA) is 42.0 Å². The third-order valence-electron chi connectivity index (χ3n) is 9.69. The molecule has 0 aromatic rings. The van der Waals surface area contributed by atoms with Crippen molar-refractivity contribution < 1.29 is 14.3 Å². The molecule has 0 aromatic carbocycles. The molecule has 2 atom stereocenters. The van der Waals surface area contributed by atoms with Crippen LogP contribution in [0.5, 0.6) is 0 Å². The van der Waals surface area contributed by atoms with Crippen LogP contribution in [0.25, 0.3) is 0 Å². The van der Waals surface area contributed by atoms with Gasteiger partial charge in [-0.2, -0.15) is 0 Å². The van der Waals surface area contributed by atoms with Gasteiger partial charge < -0.3 is 19.3 Å². The van der Waals surface area contributed by atoms with Crippen LogP contribution >= 0.6 is 0 Å². The summed E-state index contributed by atoms with van der Waals surface area (Å²) in [5.41, 5.74) is 0. The minimum Gasteiger partial charge on any atom is -0.374 e. The fourth-order valence-corrected chi connectivity index (χ4v) is 6.40. The van der Waals surface area contributed by atoms with Gasteiger partial charge in [-0.05, 0) is 91.1 Å². The molecule has 2 unspecified atom stereocenters. The lowest BCUT2D eigenvalue weighted by Crippen LogP contribution is -2.32. The van der Waals surface area contributed by atoms with E-state index in [4.69, 9.17) is 9.47 Å². The molecular formula is C45H82N2O3. The van der Waals surface area contributed by atoms with Gasteiger partial charge in [0.05, 0.1) is 0 Å². The fourth-order valence-electron chi connectivity index (χ4n) is 6.40. The highest BCUT2D eigenvalue weighted by Crippen LogP contribution is 2.20. The molecule has 0 aromatic heterocycles. The first-order chi connectivity index (χ1) is 24.6. The van der Waals surface area contributed by atoms with E-state index in [-0.39, 0.29) is 18.1 Å². The summed E-state index contributed by atoms with van der Waals surface area (Å²) in [5.74, 6) is 0.223. The van der Waals surface area contributed by atoms with Gasteiger partial charge in [0.1, 0.15) is 12.2 Å². The number of allylic oxidation sites excluding steroid dienone is 8. The number of carbonyl (C=O) groups is 1. The van der Waals surface area contributed by atoms with Crippen molar-refractivity contribution in [1.82, 2.24) is 9.80 Å². The second-order valence-corrected chi connectivity index (χ2v) is 14.8. The number of hydrogen-bond acceptors (Lipinski definition) is 4. The van der Waals surface area contributed by atoms with Crippen LogP contribution in [-0.2, 0) is 14.3 Å². The molecule has 0 aliphatic carbocycles. The summed E-state index contributed by atoms with van der Waals surface area (Å²) in [6, 6.07) is 0. The molecule has 0 bridgehead atoms. The molecule has 1 rings (SSSR count). The molecule has 50 heavy (non-hydrogen) atoms. The Morgan fingerprint density at radius 2 is 0.900 bits per heavy atom. The van der Waals surface area contributed by atoms with E-state index in [1.807, 2.05) is 19.0 Å². The number of rotatable bonds is 35. The third kappa shape index (κ3) is 28.9. The van der Waals surface area contributed by atoms with Gasteiger partial charge in [0, 0.05) is 39.3 Å². The van der Waals surface area contributed by atoms with E-state index in [2.05, 4.69) is 67.4 Å². The first-order valence-electron chi connectivity index (χ1n) is 21.3. The first kappa shape index (κ1) is 46.3. The predicted molar refractivity (Wildman–Crippen MR) is 218 cm³/mol. The molecule has 5 heteroatoms. The molecule has 1 fully saturated rings. The van der Waals surface area contributed by atoms with Crippen molar-refractivity contribution in [2.24, 2.45) is 0 Å². The highest BCUT2D eigenvalue weighted by molar-refractivity contribution is 5.76. The highest BCUT2D eigenvalue weighted by atomic mass is 16.5. The molecule has 1 amide bonds. The van der Waals surface area contributed by atoms with Gasteiger partial charge in [-0.25, -0.2) is 0 Å². The molecule has 0 spiro atoms. The Bertz CT molecular complexity index is 806. The van der Waals surface area contributed by atoms with E-state index in [1.54, 1.807) is 0 Å². The largest absolute Gasteiger partial charge is 0.374 e. The molecule has 0 saturated carbocycles. The average Bonchev–Trinajstić information content (AvgIpc) is 3.52. The highest BCUT2D eigenvalue weighted by Gasteiger charge is 2.36. The zero-order chi connectivity index (χ0) is 36.2. The lowest BCUT2D eigenvalue weighted by molar-refractivity contribution is -0.131. The van der Waals surface area contributed by atoms with E-state index in [0.29, 0.717) is 19.5 Å². The van der Waals surface area contributed by atoms with Crippen LogP contribution in [0.1, 0.15) is 174 Å². The molecule has 1 heterocycles. The maximum atomic E-state index is 12.9. The molecule has 1 aliphatic rings. The molecule has 290 valence electrons. The summed E-state index contributed by atoms with van der Waals surface area (Å²) in [6.07, 6.45) is 49.2. The van der Waals surface area contributed by atoms with Crippen molar-refractivity contribution in [2.75, 3.05) is 46.9 Å². The van der Waals surface area contributed by atoms with E-state index in [0.717, 1.165) is 45.4 Å². The van der Waals surface area contributed by atoms with Gasteiger partial charge in [-0.1, -0.05) is 140 Å². The summed E-state index contributed by atoms with van der Waals surface area (Å²) in [4.78, 5) is 16.9. The first-order valence-corrected chi connectivity index (χ1v) is 21.3. The molecular weight excluding hydrogens is 617 g/mol.